The van der Waals surface area contributed by atoms with Crippen molar-refractivity contribution in [1.29, 1.82) is 0 Å². The summed E-state index contributed by atoms with van der Waals surface area (Å²) in [5.41, 5.74) is 0.991. The van der Waals surface area contributed by atoms with Gasteiger partial charge in [-0.2, -0.15) is 0 Å². The van der Waals surface area contributed by atoms with Crippen molar-refractivity contribution >= 4 is 5.69 Å². The Morgan fingerprint density at radius 2 is 2.22 bits per heavy atom. The number of anilines is 1. The van der Waals surface area contributed by atoms with Gasteiger partial charge in [0.25, 0.3) is 0 Å². The smallest absolute Gasteiger partial charge is 0.125 e. The normalized spacial score (nSPS) is 21.9. The van der Waals surface area contributed by atoms with Gasteiger partial charge in [-0.05, 0) is 45.3 Å². The number of halogens is 1. The number of nitrogens with one attached hydrogen (secondary N) is 1. The fraction of sp³-hybridized carbons (Fsp3) is 0.571. The second-order valence-corrected chi connectivity index (χ2v) is 5.00. The molecule has 1 saturated heterocycles. The van der Waals surface area contributed by atoms with Gasteiger partial charge in [0, 0.05) is 25.3 Å². The van der Waals surface area contributed by atoms with Crippen LogP contribution in [0.15, 0.2) is 24.3 Å². The van der Waals surface area contributed by atoms with E-state index in [0.717, 1.165) is 38.3 Å². The zero-order valence-corrected chi connectivity index (χ0v) is 11.2. The molecule has 2 rings (SSSR count). The summed E-state index contributed by atoms with van der Waals surface area (Å²) in [5.74, 6) is -0.159. The van der Waals surface area contributed by atoms with Crippen molar-refractivity contribution in [1.82, 2.24) is 10.2 Å². The highest BCUT2D eigenvalue weighted by Gasteiger charge is 2.23. The van der Waals surface area contributed by atoms with Gasteiger partial charge in [0.15, 0.2) is 0 Å². The van der Waals surface area contributed by atoms with Crippen LogP contribution in [0.4, 0.5) is 10.1 Å². The molecule has 0 amide bonds. The molecule has 0 aliphatic carbocycles. The summed E-state index contributed by atoms with van der Waals surface area (Å²) >= 11 is 0. The largest absolute Gasteiger partial charge is 0.366 e. The summed E-state index contributed by atoms with van der Waals surface area (Å²) in [7, 11) is 4.12. The fourth-order valence-corrected chi connectivity index (χ4v) is 2.65. The molecular formula is C14H22FN3. The maximum atomic E-state index is 13.4. The van der Waals surface area contributed by atoms with Crippen molar-refractivity contribution in [3.05, 3.63) is 30.1 Å². The van der Waals surface area contributed by atoms with Gasteiger partial charge in [-0.3, -0.25) is 0 Å². The summed E-state index contributed by atoms with van der Waals surface area (Å²) in [6.45, 7) is 4.02. The predicted octanol–water partition coefficient (Wildman–Crippen LogP) is 1.56. The lowest BCUT2D eigenvalue weighted by atomic mass is 10.2. The van der Waals surface area contributed by atoms with Crippen molar-refractivity contribution in [2.45, 2.75) is 12.5 Å². The van der Waals surface area contributed by atoms with E-state index in [2.05, 4.69) is 22.2 Å². The molecule has 0 aromatic heterocycles. The van der Waals surface area contributed by atoms with Crippen LogP contribution in [-0.4, -0.2) is 51.2 Å². The minimum Gasteiger partial charge on any atom is -0.366 e. The van der Waals surface area contributed by atoms with Crippen molar-refractivity contribution in [2.75, 3.05) is 45.2 Å². The molecule has 1 N–H and O–H groups in total. The molecule has 3 nitrogen and oxygen atoms in total. The van der Waals surface area contributed by atoms with Gasteiger partial charge in [0.2, 0.25) is 0 Å². The Morgan fingerprint density at radius 3 is 2.94 bits per heavy atom. The minimum absolute atomic E-state index is 0.159. The van der Waals surface area contributed by atoms with Crippen LogP contribution in [0, 0.1) is 5.82 Å². The van der Waals surface area contributed by atoms with E-state index in [1.807, 2.05) is 13.1 Å². The van der Waals surface area contributed by atoms with E-state index in [4.69, 9.17) is 0 Å². The Morgan fingerprint density at radius 1 is 1.39 bits per heavy atom. The van der Waals surface area contributed by atoms with Crippen LogP contribution < -0.4 is 10.2 Å². The van der Waals surface area contributed by atoms with Gasteiger partial charge in [0.05, 0.1) is 6.04 Å². The lowest BCUT2D eigenvalue weighted by Gasteiger charge is -2.32. The second kappa shape index (κ2) is 6.16. The van der Waals surface area contributed by atoms with Crippen LogP contribution in [0.5, 0.6) is 0 Å². The number of rotatable bonds is 3. The van der Waals surface area contributed by atoms with E-state index in [0.29, 0.717) is 6.04 Å². The van der Waals surface area contributed by atoms with E-state index < -0.39 is 0 Å². The van der Waals surface area contributed by atoms with Crippen LogP contribution in [0.1, 0.15) is 6.42 Å². The predicted molar refractivity (Wildman–Crippen MR) is 73.6 cm³/mol. The lowest BCUT2D eigenvalue weighted by molar-refractivity contribution is 0.328. The van der Waals surface area contributed by atoms with Crippen molar-refractivity contribution in [2.24, 2.45) is 0 Å². The first kappa shape index (κ1) is 13.3. The maximum absolute atomic E-state index is 13.4. The lowest BCUT2D eigenvalue weighted by Crippen LogP contribution is -2.46. The van der Waals surface area contributed by atoms with Crippen LogP contribution >= 0.6 is 0 Å². The van der Waals surface area contributed by atoms with Crippen molar-refractivity contribution in [3.63, 3.8) is 0 Å². The zero-order chi connectivity index (χ0) is 13.0. The molecule has 18 heavy (non-hydrogen) atoms. The van der Waals surface area contributed by atoms with Gasteiger partial charge in [-0.15, -0.1) is 0 Å². The van der Waals surface area contributed by atoms with E-state index in [-0.39, 0.29) is 5.82 Å². The molecule has 0 radical (unpaired) electrons. The number of likely N-dealkylation sites (N-methyl/N-ethyl adjacent to an activating group) is 2. The third kappa shape index (κ3) is 3.21. The number of hydrogen-bond acceptors (Lipinski definition) is 3. The summed E-state index contributed by atoms with van der Waals surface area (Å²) in [4.78, 5) is 4.67. The third-order valence-electron chi connectivity index (χ3n) is 3.48. The van der Waals surface area contributed by atoms with Crippen LogP contribution in [-0.2, 0) is 0 Å². The zero-order valence-electron chi connectivity index (χ0n) is 11.2. The van der Waals surface area contributed by atoms with Gasteiger partial charge in [-0.25, -0.2) is 4.39 Å². The molecule has 1 aromatic carbocycles. The van der Waals surface area contributed by atoms with Gasteiger partial charge >= 0.3 is 0 Å². The Labute approximate surface area is 109 Å². The second-order valence-electron chi connectivity index (χ2n) is 5.00. The summed E-state index contributed by atoms with van der Waals surface area (Å²) in [6, 6.07) is 7.31. The molecule has 1 fully saturated rings. The summed E-state index contributed by atoms with van der Waals surface area (Å²) in [5, 5.41) is 3.24. The van der Waals surface area contributed by atoms with Crippen LogP contribution in [0.2, 0.25) is 0 Å². The summed E-state index contributed by atoms with van der Waals surface area (Å²) < 4.78 is 13.4. The maximum Gasteiger partial charge on any atom is 0.125 e. The quantitative estimate of drug-likeness (QED) is 0.879. The van der Waals surface area contributed by atoms with E-state index in [1.165, 1.54) is 6.07 Å². The molecule has 0 bridgehead atoms. The third-order valence-corrected chi connectivity index (χ3v) is 3.48. The number of benzene rings is 1. The average molecular weight is 251 g/mol. The molecule has 1 aliphatic rings. The first-order chi connectivity index (χ1) is 8.70. The van der Waals surface area contributed by atoms with E-state index >= 15 is 0 Å². The molecule has 0 saturated carbocycles. The van der Waals surface area contributed by atoms with Gasteiger partial charge < -0.3 is 15.1 Å². The fourth-order valence-electron chi connectivity index (χ4n) is 2.65. The van der Waals surface area contributed by atoms with Crippen LogP contribution in [0.25, 0.3) is 0 Å². The SMILES string of the molecule is CNCC1CN(C)CCCN1c1cccc(F)c1. The molecule has 100 valence electrons. The molecule has 1 unspecified atom stereocenters. The standard InChI is InChI=1S/C14H22FN3/c1-16-10-14-11-17(2)7-4-8-18(14)13-6-3-5-12(15)9-13/h3,5-6,9,14,16H,4,7-8,10-11H2,1-2H3. The Hall–Kier alpha value is -1.13. The molecule has 1 aliphatic heterocycles. The molecule has 4 heteroatoms. The van der Waals surface area contributed by atoms with Crippen molar-refractivity contribution < 1.29 is 4.39 Å². The first-order valence-corrected chi connectivity index (χ1v) is 6.56. The highest BCUT2D eigenvalue weighted by molar-refractivity contribution is 5.48. The molecular weight excluding hydrogens is 229 g/mol. The van der Waals surface area contributed by atoms with Crippen molar-refractivity contribution in [3.8, 4) is 0 Å². The summed E-state index contributed by atoms with van der Waals surface area (Å²) in [6.07, 6.45) is 1.12. The molecule has 1 heterocycles. The molecule has 1 atom stereocenters. The first-order valence-electron chi connectivity index (χ1n) is 6.56. The molecule has 1 aromatic rings. The Kier molecular flexibility index (Phi) is 4.55. The van der Waals surface area contributed by atoms with E-state index in [9.17, 15) is 4.39 Å². The monoisotopic (exact) mass is 251 g/mol. The minimum atomic E-state index is -0.159. The van der Waals surface area contributed by atoms with E-state index in [1.54, 1.807) is 12.1 Å². The van der Waals surface area contributed by atoms with Crippen LogP contribution in [0.3, 0.4) is 0 Å². The highest BCUT2D eigenvalue weighted by Crippen LogP contribution is 2.20. The average Bonchev–Trinajstić information content (AvgIpc) is 2.51. The van der Waals surface area contributed by atoms with Gasteiger partial charge in [-0.1, -0.05) is 6.07 Å². The number of hydrogen-bond donors (Lipinski definition) is 1. The highest BCUT2D eigenvalue weighted by atomic mass is 19.1. The molecule has 0 spiro atoms. The Balaban J connectivity index is 2.21. The number of nitrogens with zero attached hydrogens (tertiary/aromatic N) is 2. The Bertz CT molecular complexity index is 383. The van der Waals surface area contributed by atoms with Gasteiger partial charge in [0.1, 0.15) is 5.82 Å². The topological polar surface area (TPSA) is 18.5 Å².